The van der Waals surface area contributed by atoms with E-state index in [-0.39, 0.29) is 5.75 Å². The molecule has 2 aromatic rings. The number of anilines is 1. The van der Waals surface area contributed by atoms with E-state index in [1.807, 2.05) is 19.9 Å². The summed E-state index contributed by atoms with van der Waals surface area (Å²) in [6.45, 7) is 3.82. The van der Waals surface area contributed by atoms with Crippen molar-refractivity contribution in [2.45, 2.75) is 13.8 Å². The molecule has 0 saturated heterocycles. The lowest BCUT2D eigenvalue weighted by atomic mass is 10.1. The van der Waals surface area contributed by atoms with E-state index in [0.717, 1.165) is 16.8 Å². The van der Waals surface area contributed by atoms with Gasteiger partial charge >= 0.3 is 0 Å². The zero-order chi connectivity index (χ0) is 10.3. The minimum absolute atomic E-state index is 0.190. The highest BCUT2D eigenvalue weighted by Crippen LogP contribution is 2.31. The Morgan fingerprint density at radius 2 is 2.00 bits per heavy atom. The molecule has 0 saturated carbocycles. The molecule has 0 aliphatic rings. The quantitative estimate of drug-likeness (QED) is 0.665. The van der Waals surface area contributed by atoms with Crippen molar-refractivity contribution in [1.82, 2.24) is 4.98 Å². The van der Waals surface area contributed by atoms with Crippen molar-refractivity contribution in [2.75, 3.05) is 5.73 Å². The zero-order valence-corrected chi connectivity index (χ0v) is 8.20. The number of hydrogen-bond acceptors (Lipinski definition) is 3. The third-order valence-electron chi connectivity index (χ3n) is 2.52. The van der Waals surface area contributed by atoms with Gasteiger partial charge in [-0.3, -0.25) is 4.98 Å². The molecule has 72 valence electrons. The highest BCUT2D eigenvalue weighted by Gasteiger charge is 2.09. The number of rotatable bonds is 0. The number of nitrogen functional groups attached to an aromatic ring is 1. The monoisotopic (exact) mass is 188 g/mol. The molecule has 0 bridgehead atoms. The zero-order valence-electron chi connectivity index (χ0n) is 8.20. The summed E-state index contributed by atoms with van der Waals surface area (Å²) in [6.07, 6.45) is 0. The Bertz CT molecular complexity index is 506. The molecule has 0 amide bonds. The molecule has 0 aliphatic carbocycles. The molecule has 14 heavy (non-hydrogen) atoms. The van der Waals surface area contributed by atoms with Gasteiger partial charge in [0.2, 0.25) is 0 Å². The summed E-state index contributed by atoms with van der Waals surface area (Å²) in [5.41, 5.74) is 9.11. The highest BCUT2D eigenvalue weighted by atomic mass is 16.3. The first-order valence-corrected chi connectivity index (χ1v) is 4.45. The van der Waals surface area contributed by atoms with Crippen molar-refractivity contribution in [1.29, 1.82) is 0 Å². The number of aromatic hydroxyl groups is 1. The average molecular weight is 188 g/mol. The first kappa shape index (κ1) is 8.81. The summed E-state index contributed by atoms with van der Waals surface area (Å²) in [5, 5.41) is 10.3. The van der Waals surface area contributed by atoms with Crippen LogP contribution in [0.2, 0.25) is 0 Å². The molecule has 1 aromatic carbocycles. The number of pyridine rings is 1. The number of aromatic nitrogens is 1. The van der Waals surface area contributed by atoms with E-state index >= 15 is 0 Å². The molecule has 0 spiro atoms. The molecule has 0 radical (unpaired) electrons. The Morgan fingerprint density at radius 3 is 2.71 bits per heavy atom. The number of phenolic OH excluding ortho intramolecular Hbond substituents is 1. The van der Waals surface area contributed by atoms with E-state index in [1.54, 1.807) is 12.1 Å². The summed E-state index contributed by atoms with van der Waals surface area (Å²) in [5.74, 6) is 0.190. The summed E-state index contributed by atoms with van der Waals surface area (Å²) >= 11 is 0. The summed E-state index contributed by atoms with van der Waals surface area (Å²) in [4.78, 5) is 4.36. The summed E-state index contributed by atoms with van der Waals surface area (Å²) in [7, 11) is 0. The second-order valence-electron chi connectivity index (χ2n) is 3.41. The van der Waals surface area contributed by atoms with E-state index < -0.39 is 0 Å². The van der Waals surface area contributed by atoms with Gasteiger partial charge in [-0.25, -0.2) is 0 Å². The topological polar surface area (TPSA) is 59.1 Å². The van der Waals surface area contributed by atoms with Crippen LogP contribution in [0.4, 0.5) is 5.69 Å². The van der Waals surface area contributed by atoms with Crippen LogP contribution in [-0.4, -0.2) is 10.1 Å². The second kappa shape index (κ2) is 2.87. The lowest BCUT2D eigenvalue weighted by Gasteiger charge is -2.09. The third-order valence-corrected chi connectivity index (χ3v) is 2.52. The Morgan fingerprint density at radius 1 is 1.29 bits per heavy atom. The maximum atomic E-state index is 9.65. The predicted octanol–water partition coefficient (Wildman–Crippen LogP) is 2.14. The number of nitrogens with two attached hydrogens (primary N) is 1. The normalized spacial score (nSPS) is 10.7. The van der Waals surface area contributed by atoms with Crippen LogP contribution >= 0.6 is 0 Å². The Hall–Kier alpha value is -1.77. The van der Waals surface area contributed by atoms with Crippen LogP contribution in [0.15, 0.2) is 18.2 Å². The maximum absolute atomic E-state index is 9.65. The van der Waals surface area contributed by atoms with Crippen molar-refractivity contribution in [2.24, 2.45) is 0 Å². The van der Waals surface area contributed by atoms with Crippen molar-refractivity contribution in [3.8, 4) is 5.75 Å². The van der Waals surface area contributed by atoms with E-state index in [2.05, 4.69) is 4.98 Å². The van der Waals surface area contributed by atoms with E-state index in [0.29, 0.717) is 11.1 Å². The fourth-order valence-electron chi connectivity index (χ4n) is 1.54. The van der Waals surface area contributed by atoms with Crippen molar-refractivity contribution in [3.05, 3.63) is 29.5 Å². The van der Waals surface area contributed by atoms with Gasteiger partial charge in [-0.05, 0) is 31.5 Å². The number of aryl methyl sites for hydroxylation is 1. The van der Waals surface area contributed by atoms with Gasteiger partial charge in [0.15, 0.2) is 0 Å². The van der Waals surface area contributed by atoms with Crippen LogP contribution < -0.4 is 5.73 Å². The predicted molar refractivity (Wildman–Crippen MR) is 57.3 cm³/mol. The largest absolute Gasteiger partial charge is 0.507 e. The van der Waals surface area contributed by atoms with E-state index in [9.17, 15) is 5.11 Å². The van der Waals surface area contributed by atoms with Crippen LogP contribution in [0, 0.1) is 13.8 Å². The average Bonchev–Trinajstić information content (AvgIpc) is 2.14. The van der Waals surface area contributed by atoms with Crippen LogP contribution in [-0.2, 0) is 0 Å². The highest BCUT2D eigenvalue weighted by molar-refractivity contribution is 5.96. The molecular weight excluding hydrogens is 176 g/mol. The van der Waals surface area contributed by atoms with Gasteiger partial charge in [0.25, 0.3) is 0 Å². The fraction of sp³-hybridized carbons (Fsp3) is 0.182. The number of phenols is 1. The molecule has 0 fully saturated rings. The Kier molecular flexibility index (Phi) is 1.81. The molecule has 3 N–H and O–H groups in total. The van der Waals surface area contributed by atoms with Crippen LogP contribution in [0.5, 0.6) is 5.75 Å². The van der Waals surface area contributed by atoms with Gasteiger partial charge in [-0.15, -0.1) is 0 Å². The third kappa shape index (κ3) is 1.09. The number of hydrogen-bond donors (Lipinski definition) is 2. The molecule has 3 heteroatoms. The van der Waals surface area contributed by atoms with E-state index in [1.165, 1.54) is 0 Å². The molecule has 1 aromatic heterocycles. The molecular formula is C11H12N2O. The molecule has 0 atom stereocenters. The number of benzene rings is 1. The van der Waals surface area contributed by atoms with Gasteiger partial charge in [0.05, 0.1) is 10.9 Å². The summed E-state index contributed by atoms with van der Waals surface area (Å²) in [6, 6.07) is 5.23. The Balaban J connectivity index is 2.99. The van der Waals surface area contributed by atoms with Gasteiger partial charge in [0.1, 0.15) is 5.75 Å². The molecule has 3 nitrogen and oxygen atoms in total. The minimum Gasteiger partial charge on any atom is -0.507 e. The summed E-state index contributed by atoms with van der Waals surface area (Å²) < 4.78 is 0. The van der Waals surface area contributed by atoms with Gasteiger partial charge in [0, 0.05) is 11.4 Å². The smallest absolute Gasteiger partial charge is 0.127 e. The van der Waals surface area contributed by atoms with Crippen LogP contribution in [0.3, 0.4) is 0 Å². The standard InChI is InChI=1S/C11H12N2O/c1-6-7(2)13-8-4-3-5-9(14)10(8)11(6)12/h3-5,14H,1-2H3,(H2,12,13). The Labute approximate surface area is 82.2 Å². The lowest BCUT2D eigenvalue weighted by molar-refractivity contribution is 0.481. The van der Waals surface area contributed by atoms with Crippen molar-refractivity contribution >= 4 is 16.6 Å². The molecule has 0 unspecified atom stereocenters. The minimum atomic E-state index is 0.190. The number of nitrogens with zero attached hydrogens (tertiary/aromatic N) is 1. The van der Waals surface area contributed by atoms with Gasteiger partial charge in [-0.2, -0.15) is 0 Å². The maximum Gasteiger partial charge on any atom is 0.127 e. The van der Waals surface area contributed by atoms with Crippen molar-refractivity contribution < 1.29 is 5.11 Å². The fourth-order valence-corrected chi connectivity index (χ4v) is 1.54. The van der Waals surface area contributed by atoms with Crippen LogP contribution in [0.25, 0.3) is 10.9 Å². The molecule has 0 aliphatic heterocycles. The molecule has 1 heterocycles. The first-order valence-electron chi connectivity index (χ1n) is 4.45. The SMILES string of the molecule is Cc1nc2cccc(O)c2c(N)c1C. The lowest BCUT2D eigenvalue weighted by Crippen LogP contribution is -1.97. The first-order chi connectivity index (χ1) is 6.61. The van der Waals surface area contributed by atoms with E-state index in [4.69, 9.17) is 5.73 Å². The number of fused-ring (bicyclic) bond motifs is 1. The molecule has 2 rings (SSSR count). The van der Waals surface area contributed by atoms with Gasteiger partial charge < -0.3 is 10.8 Å². The van der Waals surface area contributed by atoms with Crippen molar-refractivity contribution in [3.63, 3.8) is 0 Å². The van der Waals surface area contributed by atoms with Crippen LogP contribution in [0.1, 0.15) is 11.3 Å². The second-order valence-corrected chi connectivity index (χ2v) is 3.41. The van der Waals surface area contributed by atoms with Gasteiger partial charge in [-0.1, -0.05) is 6.07 Å².